The van der Waals surface area contributed by atoms with Crippen molar-refractivity contribution >= 4 is 27.6 Å². The summed E-state index contributed by atoms with van der Waals surface area (Å²) in [6.45, 7) is 0.204. The summed E-state index contributed by atoms with van der Waals surface area (Å²) in [4.78, 5) is 10.3. The largest absolute Gasteiger partial charge is 0.479 e. The van der Waals surface area contributed by atoms with Gasteiger partial charge in [-0.2, -0.15) is 0 Å². The van der Waals surface area contributed by atoms with Crippen LogP contribution in [0.1, 0.15) is 6.92 Å². The Bertz CT molecular complexity index is 602. The van der Waals surface area contributed by atoms with E-state index in [1.54, 1.807) is 0 Å². The number of halogens is 2. The van der Waals surface area contributed by atoms with Gasteiger partial charge in [0, 0.05) is 0 Å². The molecule has 0 fully saturated rings. The molecule has 0 aliphatic rings. The molecule has 19 heavy (non-hydrogen) atoms. The normalized spacial score (nSPS) is 14.9. The fourth-order valence-electron chi connectivity index (χ4n) is 1.04. The highest BCUT2D eigenvalue weighted by molar-refractivity contribution is 7.89. The average Bonchev–Trinajstić information content (AvgIpc) is 2.30. The number of sulfonamides is 1. The first-order chi connectivity index (χ1) is 8.56. The van der Waals surface area contributed by atoms with Crippen molar-refractivity contribution in [1.82, 2.24) is 4.72 Å². The van der Waals surface area contributed by atoms with Crippen molar-refractivity contribution in [2.24, 2.45) is 0 Å². The van der Waals surface area contributed by atoms with E-state index in [0.29, 0.717) is 0 Å². The number of carboxylic acids is 1. The lowest BCUT2D eigenvalue weighted by Crippen LogP contribution is -2.46. The van der Waals surface area contributed by atoms with E-state index in [-0.39, 0.29) is 9.92 Å². The smallest absolute Gasteiger partial charge is 0.336 e. The fourth-order valence-corrected chi connectivity index (χ4v) is 2.44. The van der Waals surface area contributed by atoms with Crippen molar-refractivity contribution < 1.29 is 27.8 Å². The second-order valence-corrected chi connectivity index (χ2v) is 6.15. The first kappa shape index (κ1) is 15.8. The maximum absolute atomic E-state index is 12.9. The summed E-state index contributed by atoms with van der Waals surface area (Å²) in [5, 5.41) is 17.6. The Hall–Kier alpha value is -1.22. The number of aliphatic hydroxyl groups is 1. The molecule has 1 aromatic carbocycles. The van der Waals surface area contributed by atoms with E-state index in [4.69, 9.17) is 16.7 Å². The maximum Gasteiger partial charge on any atom is 0.336 e. The molecule has 3 N–H and O–H groups in total. The molecule has 0 aliphatic heterocycles. The summed E-state index contributed by atoms with van der Waals surface area (Å²) < 4.78 is 38.3. The van der Waals surface area contributed by atoms with Crippen molar-refractivity contribution in [1.29, 1.82) is 0 Å². The van der Waals surface area contributed by atoms with Crippen molar-refractivity contribution in [2.45, 2.75) is 17.4 Å². The summed E-state index contributed by atoms with van der Waals surface area (Å²) in [6.07, 6.45) is 0. The summed E-state index contributed by atoms with van der Waals surface area (Å²) >= 11 is 5.45. The molecule has 0 aromatic heterocycles. The Labute approximate surface area is 113 Å². The zero-order valence-corrected chi connectivity index (χ0v) is 11.3. The van der Waals surface area contributed by atoms with Crippen LogP contribution in [-0.4, -0.2) is 36.7 Å². The fraction of sp³-hybridized carbons (Fsp3) is 0.300. The quantitative estimate of drug-likeness (QED) is 0.738. The first-order valence-electron chi connectivity index (χ1n) is 4.97. The molecule has 0 aliphatic carbocycles. The Morgan fingerprint density at radius 3 is 2.58 bits per heavy atom. The highest BCUT2D eigenvalue weighted by atomic mass is 35.5. The number of rotatable bonds is 5. The molecule has 0 amide bonds. The molecule has 9 heteroatoms. The summed E-state index contributed by atoms with van der Waals surface area (Å²) in [6, 6.07) is 2.72. The topological polar surface area (TPSA) is 104 Å². The van der Waals surface area contributed by atoms with Gasteiger partial charge in [-0.25, -0.2) is 22.3 Å². The molecule has 0 saturated heterocycles. The molecule has 106 valence electrons. The molecular formula is C10H11ClFNO5S. The molecule has 0 spiro atoms. The summed E-state index contributed by atoms with van der Waals surface area (Å²) in [7, 11) is -4.09. The summed E-state index contributed by atoms with van der Waals surface area (Å²) in [5.41, 5.74) is -2.25. The molecule has 0 heterocycles. The predicted octanol–water partition coefficient (Wildman–Crippen LogP) is 0.593. The van der Waals surface area contributed by atoms with Gasteiger partial charge in [-0.1, -0.05) is 11.6 Å². The lowest BCUT2D eigenvalue weighted by Gasteiger charge is -2.18. The molecule has 0 bridgehead atoms. The van der Waals surface area contributed by atoms with Crippen LogP contribution in [0.5, 0.6) is 0 Å². The number of hydrogen-bond acceptors (Lipinski definition) is 4. The highest BCUT2D eigenvalue weighted by Gasteiger charge is 2.31. The average molecular weight is 312 g/mol. The molecule has 0 radical (unpaired) electrons. The minimum atomic E-state index is -4.09. The van der Waals surface area contributed by atoms with Gasteiger partial charge in [0.1, 0.15) is 5.82 Å². The van der Waals surface area contributed by atoms with Gasteiger partial charge in [-0.3, -0.25) is 0 Å². The third-order valence-corrected chi connectivity index (χ3v) is 3.96. The molecular weight excluding hydrogens is 301 g/mol. The zero-order valence-electron chi connectivity index (χ0n) is 9.72. The number of aliphatic carboxylic acids is 1. The Balaban J connectivity index is 2.93. The lowest BCUT2D eigenvalue weighted by molar-refractivity contribution is -0.155. The van der Waals surface area contributed by atoms with Crippen molar-refractivity contribution in [3.8, 4) is 0 Å². The van der Waals surface area contributed by atoms with E-state index in [0.717, 1.165) is 25.1 Å². The number of nitrogens with one attached hydrogen (secondary N) is 1. The number of benzene rings is 1. The lowest BCUT2D eigenvalue weighted by atomic mass is 10.1. The summed E-state index contributed by atoms with van der Waals surface area (Å²) in [5.74, 6) is -2.36. The highest BCUT2D eigenvalue weighted by Crippen LogP contribution is 2.19. The molecule has 0 saturated carbocycles. The van der Waals surface area contributed by atoms with Crippen LogP contribution < -0.4 is 4.72 Å². The van der Waals surface area contributed by atoms with Gasteiger partial charge >= 0.3 is 5.97 Å². The van der Waals surface area contributed by atoms with Crippen LogP contribution in [0.2, 0.25) is 5.02 Å². The van der Waals surface area contributed by atoms with E-state index >= 15 is 0 Å². The van der Waals surface area contributed by atoms with Gasteiger partial charge in [0.25, 0.3) is 0 Å². The van der Waals surface area contributed by atoms with Crippen molar-refractivity contribution in [3.05, 3.63) is 29.0 Å². The van der Waals surface area contributed by atoms with Crippen LogP contribution >= 0.6 is 11.6 Å². The van der Waals surface area contributed by atoms with Gasteiger partial charge in [0.15, 0.2) is 5.60 Å². The molecule has 1 unspecified atom stereocenters. The predicted molar refractivity (Wildman–Crippen MR) is 64.9 cm³/mol. The standard InChI is InChI=1S/C10H11ClFNO5S/c1-10(16,9(14)15)5-13-19(17,18)6-2-3-8(12)7(11)4-6/h2-4,13,16H,5H2,1H3,(H,14,15). The Morgan fingerprint density at radius 1 is 1.53 bits per heavy atom. The first-order valence-corrected chi connectivity index (χ1v) is 6.83. The van der Waals surface area contributed by atoms with E-state index in [1.165, 1.54) is 0 Å². The maximum atomic E-state index is 12.9. The van der Waals surface area contributed by atoms with E-state index in [9.17, 15) is 22.7 Å². The minimum Gasteiger partial charge on any atom is -0.479 e. The second-order valence-electron chi connectivity index (χ2n) is 3.98. The zero-order chi connectivity index (χ0) is 14.8. The van der Waals surface area contributed by atoms with Crippen LogP contribution in [0, 0.1) is 5.82 Å². The number of hydrogen-bond donors (Lipinski definition) is 3. The molecule has 6 nitrogen and oxygen atoms in total. The molecule has 1 aromatic rings. The van der Waals surface area contributed by atoms with E-state index in [1.807, 2.05) is 4.72 Å². The van der Waals surface area contributed by atoms with Gasteiger partial charge in [0.05, 0.1) is 16.5 Å². The van der Waals surface area contributed by atoms with Gasteiger partial charge < -0.3 is 10.2 Å². The molecule has 1 atom stereocenters. The monoisotopic (exact) mass is 311 g/mol. The van der Waals surface area contributed by atoms with Gasteiger partial charge in [-0.05, 0) is 25.1 Å². The van der Waals surface area contributed by atoms with Crippen molar-refractivity contribution in [3.63, 3.8) is 0 Å². The molecule has 1 rings (SSSR count). The van der Waals surface area contributed by atoms with Gasteiger partial charge in [-0.15, -0.1) is 0 Å². The minimum absolute atomic E-state index is 0.333. The van der Waals surface area contributed by atoms with Crippen LogP contribution in [0.4, 0.5) is 4.39 Å². The SMILES string of the molecule is CC(O)(CNS(=O)(=O)c1ccc(F)c(Cl)c1)C(=O)O. The third kappa shape index (κ3) is 3.87. The van der Waals surface area contributed by atoms with Crippen molar-refractivity contribution in [2.75, 3.05) is 6.54 Å². The van der Waals surface area contributed by atoms with Crippen LogP contribution in [0.25, 0.3) is 0 Å². The third-order valence-electron chi connectivity index (χ3n) is 2.27. The van der Waals surface area contributed by atoms with E-state index in [2.05, 4.69) is 0 Å². The van der Waals surface area contributed by atoms with Crippen LogP contribution in [0.3, 0.4) is 0 Å². The van der Waals surface area contributed by atoms with E-state index < -0.39 is 34.0 Å². The van der Waals surface area contributed by atoms with Crippen LogP contribution in [0.15, 0.2) is 23.1 Å². The number of carbonyl (C=O) groups is 1. The Kier molecular flexibility index (Phi) is 4.51. The Morgan fingerprint density at radius 2 is 2.11 bits per heavy atom. The second kappa shape index (κ2) is 5.41. The number of carboxylic acid groups (broad SMARTS) is 1. The van der Waals surface area contributed by atoms with Gasteiger partial charge in [0.2, 0.25) is 10.0 Å². The van der Waals surface area contributed by atoms with Crippen LogP contribution in [-0.2, 0) is 14.8 Å².